The first-order valence-electron chi connectivity index (χ1n) is 7.16. The molecule has 2 aromatic carbocycles. The number of carbonyl (C=O) groups is 2. The first-order chi connectivity index (χ1) is 11.1. The molecule has 0 radical (unpaired) electrons. The van der Waals surface area contributed by atoms with E-state index < -0.39 is 0 Å². The minimum Gasteiger partial charge on any atom is -0.308 e. The second-order valence-electron chi connectivity index (χ2n) is 5.09. The molecule has 122 valence electrons. The van der Waals surface area contributed by atoms with E-state index in [0.717, 1.165) is 10.9 Å². The van der Waals surface area contributed by atoms with E-state index in [1.54, 1.807) is 36.5 Å². The summed E-state index contributed by atoms with van der Waals surface area (Å²) in [5.74, 6) is -0.0471. The lowest BCUT2D eigenvalue weighted by Crippen LogP contribution is -2.19. The fourth-order valence-electron chi connectivity index (χ4n) is 2.31. The Kier molecular flexibility index (Phi) is 5.50. The van der Waals surface area contributed by atoms with Crippen molar-refractivity contribution in [2.75, 3.05) is 10.6 Å². The molecule has 0 bridgehead atoms. The number of nitrogens with zero attached hydrogens (tertiary/aromatic N) is 1. The lowest BCUT2D eigenvalue weighted by molar-refractivity contribution is 0.101. The minimum absolute atomic E-state index is 0. The van der Waals surface area contributed by atoms with Gasteiger partial charge in [-0.1, -0.05) is 30.3 Å². The molecule has 6 heteroatoms. The zero-order chi connectivity index (χ0) is 16.2. The average molecular weight is 342 g/mol. The summed E-state index contributed by atoms with van der Waals surface area (Å²) < 4.78 is 0. The maximum absolute atomic E-state index is 12.2. The lowest BCUT2D eigenvalue weighted by Gasteiger charge is -2.10. The minimum atomic E-state index is -0.373. The molecule has 0 aliphatic carbocycles. The molecule has 1 heterocycles. The summed E-state index contributed by atoms with van der Waals surface area (Å²) in [4.78, 5) is 27.8. The molecule has 1 aromatic heterocycles. The first-order valence-corrected chi connectivity index (χ1v) is 7.16. The van der Waals surface area contributed by atoms with Gasteiger partial charge in [0.1, 0.15) is 0 Å². The number of ketones is 1. The van der Waals surface area contributed by atoms with Crippen LogP contribution in [0.1, 0.15) is 17.3 Å². The van der Waals surface area contributed by atoms with Crippen molar-refractivity contribution < 1.29 is 9.59 Å². The maximum Gasteiger partial charge on any atom is 0.323 e. The summed E-state index contributed by atoms with van der Waals surface area (Å²) in [5.41, 5.74) is 2.60. The number of benzene rings is 2. The summed E-state index contributed by atoms with van der Waals surface area (Å²) in [6, 6.07) is 15.8. The number of anilines is 2. The summed E-state index contributed by atoms with van der Waals surface area (Å²) in [6.07, 6.45) is 1.65. The smallest absolute Gasteiger partial charge is 0.308 e. The monoisotopic (exact) mass is 341 g/mol. The average Bonchev–Trinajstić information content (AvgIpc) is 2.55. The van der Waals surface area contributed by atoms with E-state index in [1.165, 1.54) is 6.92 Å². The number of para-hydroxylation sites is 1. The lowest BCUT2D eigenvalue weighted by atomic mass is 10.1. The Hall–Kier alpha value is -2.92. The quantitative estimate of drug-likeness (QED) is 0.689. The molecular weight excluding hydrogens is 326 g/mol. The predicted octanol–water partition coefficient (Wildman–Crippen LogP) is 4.50. The number of Topliss-reactive ketones (excluding diaryl/α,β-unsaturated/α-hetero) is 1. The van der Waals surface area contributed by atoms with Crippen LogP contribution in [0.3, 0.4) is 0 Å². The summed E-state index contributed by atoms with van der Waals surface area (Å²) in [7, 11) is 0. The first kappa shape index (κ1) is 17.4. The van der Waals surface area contributed by atoms with Crippen molar-refractivity contribution in [1.82, 2.24) is 4.98 Å². The van der Waals surface area contributed by atoms with Crippen LogP contribution in [0.4, 0.5) is 16.2 Å². The largest absolute Gasteiger partial charge is 0.323 e. The van der Waals surface area contributed by atoms with Gasteiger partial charge < -0.3 is 10.6 Å². The molecule has 3 rings (SSSR count). The molecule has 0 saturated carbocycles. The highest BCUT2D eigenvalue weighted by Gasteiger charge is 2.07. The highest BCUT2D eigenvalue weighted by Crippen LogP contribution is 2.21. The summed E-state index contributed by atoms with van der Waals surface area (Å²) in [6.45, 7) is 1.49. The van der Waals surface area contributed by atoms with E-state index in [2.05, 4.69) is 15.6 Å². The number of halogens is 1. The zero-order valence-corrected chi connectivity index (χ0v) is 13.8. The van der Waals surface area contributed by atoms with Crippen LogP contribution in [0.15, 0.2) is 60.8 Å². The number of fused-ring (bicyclic) bond motifs is 1. The number of pyridine rings is 1. The molecule has 0 spiro atoms. The number of hydrogen-bond donors (Lipinski definition) is 2. The molecule has 2 amide bonds. The second kappa shape index (κ2) is 7.57. The molecule has 2 N–H and O–H groups in total. The Morgan fingerprint density at radius 3 is 2.54 bits per heavy atom. The van der Waals surface area contributed by atoms with Gasteiger partial charge >= 0.3 is 6.03 Å². The highest BCUT2D eigenvalue weighted by molar-refractivity contribution is 6.06. The van der Waals surface area contributed by atoms with Gasteiger partial charge in [0.15, 0.2) is 5.78 Å². The molecule has 0 fully saturated rings. The van der Waals surface area contributed by atoms with Gasteiger partial charge in [0.05, 0.1) is 11.2 Å². The number of aromatic nitrogens is 1. The van der Waals surface area contributed by atoms with Gasteiger partial charge in [-0.15, -0.1) is 12.4 Å². The van der Waals surface area contributed by atoms with E-state index in [-0.39, 0.29) is 24.2 Å². The topological polar surface area (TPSA) is 71.1 Å². The van der Waals surface area contributed by atoms with Crippen molar-refractivity contribution in [2.24, 2.45) is 0 Å². The Morgan fingerprint density at radius 1 is 0.958 bits per heavy atom. The Morgan fingerprint density at radius 2 is 1.75 bits per heavy atom. The van der Waals surface area contributed by atoms with Crippen molar-refractivity contribution in [2.45, 2.75) is 6.92 Å². The van der Waals surface area contributed by atoms with Crippen molar-refractivity contribution in [1.29, 1.82) is 0 Å². The van der Waals surface area contributed by atoms with Crippen LogP contribution in [-0.4, -0.2) is 16.8 Å². The van der Waals surface area contributed by atoms with Gasteiger partial charge in [-0.2, -0.15) is 0 Å². The van der Waals surface area contributed by atoms with Crippen LogP contribution in [0.5, 0.6) is 0 Å². The Balaban J connectivity index is 0.00000208. The summed E-state index contributed by atoms with van der Waals surface area (Å²) in [5, 5.41) is 6.40. The van der Waals surface area contributed by atoms with Crippen LogP contribution < -0.4 is 10.6 Å². The number of nitrogens with one attached hydrogen (secondary N) is 2. The predicted molar refractivity (Wildman–Crippen MR) is 98.1 cm³/mol. The van der Waals surface area contributed by atoms with E-state index in [1.807, 2.05) is 24.3 Å². The third-order valence-electron chi connectivity index (χ3n) is 3.42. The highest BCUT2D eigenvalue weighted by atomic mass is 35.5. The number of carbonyl (C=O) groups excluding carboxylic acids is 2. The van der Waals surface area contributed by atoms with Crippen LogP contribution in [0.25, 0.3) is 10.9 Å². The van der Waals surface area contributed by atoms with Gasteiger partial charge in [-0.05, 0) is 31.2 Å². The third-order valence-corrected chi connectivity index (χ3v) is 3.42. The van der Waals surface area contributed by atoms with Crippen molar-refractivity contribution >= 4 is 46.5 Å². The van der Waals surface area contributed by atoms with Crippen molar-refractivity contribution in [3.05, 3.63) is 66.4 Å². The fourth-order valence-corrected chi connectivity index (χ4v) is 2.31. The van der Waals surface area contributed by atoms with E-state index in [9.17, 15) is 9.59 Å². The van der Waals surface area contributed by atoms with Gasteiger partial charge in [-0.3, -0.25) is 9.78 Å². The Bertz CT molecular complexity index is 891. The Labute approximate surface area is 145 Å². The molecular formula is C18H16ClN3O2. The van der Waals surface area contributed by atoms with E-state index in [4.69, 9.17) is 0 Å². The second-order valence-corrected chi connectivity index (χ2v) is 5.09. The maximum atomic E-state index is 12.2. The molecule has 3 aromatic rings. The standard InChI is InChI=1S/C18H15N3O2.ClH/c1-12(22)13-5-4-6-14(11-13)20-18(23)21-17-9-10-19-16-8-3-2-7-15(16)17;/h2-11H,1H3,(H2,19,20,21,23);1H. The van der Waals surface area contributed by atoms with Crippen molar-refractivity contribution in [3.8, 4) is 0 Å². The number of urea groups is 1. The fraction of sp³-hybridized carbons (Fsp3) is 0.0556. The zero-order valence-electron chi connectivity index (χ0n) is 12.9. The SMILES string of the molecule is CC(=O)c1cccc(NC(=O)Nc2ccnc3ccccc23)c1.Cl. The van der Waals surface area contributed by atoms with Gasteiger partial charge in [0.2, 0.25) is 0 Å². The van der Waals surface area contributed by atoms with Crippen molar-refractivity contribution in [3.63, 3.8) is 0 Å². The van der Waals surface area contributed by atoms with Crippen LogP contribution >= 0.6 is 12.4 Å². The normalized spacial score (nSPS) is 9.88. The van der Waals surface area contributed by atoms with Crippen LogP contribution in [-0.2, 0) is 0 Å². The molecule has 5 nitrogen and oxygen atoms in total. The van der Waals surface area contributed by atoms with E-state index >= 15 is 0 Å². The van der Waals surface area contributed by atoms with Crippen LogP contribution in [0.2, 0.25) is 0 Å². The van der Waals surface area contributed by atoms with Gasteiger partial charge in [-0.25, -0.2) is 4.79 Å². The van der Waals surface area contributed by atoms with Gasteiger partial charge in [0, 0.05) is 22.8 Å². The molecule has 0 aliphatic heterocycles. The molecule has 0 saturated heterocycles. The molecule has 24 heavy (non-hydrogen) atoms. The number of amides is 2. The number of rotatable bonds is 3. The summed E-state index contributed by atoms with van der Waals surface area (Å²) >= 11 is 0. The van der Waals surface area contributed by atoms with E-state index in [0.29, 0.717) is 16.9 Å². The van der Waals surface area contributed by atoms with Gasteiger partial charge in [0.25, 0.3) is 0 Å². The molecule has 0 unspecified atom stereocenters. The third kappa shape index (κ3) is 3.88. The molecule has 0 atom stereocenters. The molecule has 0 aliphatic rings. The number of hydrogen-bond acceptors (Lipinski definition) is 3. The van der Waals surface area contributed by atoms with Crippen LogP contribution in [0, 0.1) is 0 Å².